The molecule has 0 bridgehead atoms. The zero-order chi connectivity index (χ0) is 8.48. The first-order valence-corrected chi connectivity index (χ1v) is 3.43. The molecule has 1 atom stereocenters. The van der Waals surface area contributed by atoms with Gasteiger partial charge in [0.1, 0.15) is 0 Å². The molecule has 1 rings (SSSR count). The SMILES string of the molecule is N=C1C=CC=CC1(S)C(=O)O. The summed E-state index contributed by atoms with van der Waals surface area (Å²) in [7, 11) is 0. The second kappa shape index (κ2) is 2.54. The minimum atomic E-state index is -1.44. The smallest absolute Gasteiger partial charge is 0.329 e. The minimum absolute atomic E-state index is 0.0177. The van der Waals surface area contributed by atoms with E-state index in [-0.39, 0.29) is 5.71 Å². The molecule has 11 heavy (non-hydrogen) atoms. The van der Waals surface area contributed by atoms with E-state index in [4.69, 9.17) is 10.5 Å². The van der Waals surface area contributed by atoms with E-state index in [1.165, 1.54) is 12.2 Å². The van der Waals surface area contributed by atoms with Crippen molar-refractivity contribution in [3.63, 3.8) is 0 Å². The Labute approximate surface area is 69.3 Å². The number of thiol groups is 1. The molecule has 1 aliphatic rings. The molecule has 0 aromatic rings. The third kappa shape index (κ3) is 1.21. The molecule has 0 saturated heterocycles. The first-order valence-electron chi connectivity index (χ1n) is 2.98. The first kappa shape index (κ1) is 8.07. The van der Waals surface area contributed by atoms with Crippen LogP contribution in [0.3, 0.4) is 0 Å². The van der Waals surface area contributed by atoms with Gasteiger partial charge in [-0.15, -0.1) is 0 Å². The molecule has 0 amide bonds. The second-order valence-corrected chi connectivity index (χ2v) is 2.91. The summed E-state index contributed by atoms with van der Waals surface area (Å²) >= 11 is 3.88. The minimum Gasteiger partial charge on any atom is -0.480 e. The average Bonchev–Trinajstić information content (AvgIpc) is 1.95. The van der Waals surface area contributed by atoms with Gasteiger partial charge in [0.25, 0.3) is 0 Å². The van der Waals surface area contributed by atoms with Crippen molar-refractivity contribution in [1.82, 2.24) is 0 Å². The fourth-order valence-corrected chi connectivity index (χ4v) is 0.911. The van der Waals surface area contributed by atoms with Crippen LogP contribution in [0.1, 0.15) is 0 Å². The molecule has 0 saturated carbocycles. The van der Waals surface area contributed by atoms with Crippen LogP contribution in [0.5, 0.6) is 0 Å². The van der Waals surface area contributed by atoms with Gasteiger partial charge < -0.3 is 10.5 Å². The van der Waals surface area contributed by atoms with Gasteiger partial charge in [0.2, 0.25) is 0 Å². The monoisotopic (exact) mass is 169 g/mol. The van der Waals surface area contributed by atoms with Crippen LogP contribution in [0.4, 0.5) is 0 Å². The fourth-order valence-electron chi connectivity index (χ4n) is 0.750. The van der Waals surface area contributed by atoms with Gasteiger partial charge in [0.15, 0.2) is 4.75 Å². The molecule has 0 radical (unpaired) electrons. The summed E-state index contributed by atoms with van der Waals surface area (Å²) in [6, 6.07) is 0. The van der Waals surface area contributed by atoms with E-state index >= 15 is 0 Å². The van der Waals surface area contributed by atoms with Gasteiger partial charge in [-0.3, -0.25) is 0 Å². The van der Waals surface area contributed by atoms with Gasteiger partial charge in [0, 0.05) is 0 Å². The van der Waals surface area contributed by atoms with E-state index in [1.54, 1.807) is 12.2 Å². The first-order chi connectivity index (χ1) is 5.07. The number of aliphatic carboxylic acids is 1. The summed E-state index contributed by atoms with van der Waals surface area (Å²) < 4.78 is -1.44. The Balaban J connectivity index is 3.04. The highest BCUT2D eigenvalue weighted by atomic mass is 32.1. The van der Waals surface area contributed by atoms with Crippen molar-refractivity contribution in [2.24, 2.45) is 0 Å². The number of hydrogen-bond donors (Lipinski definition) is 3. The third-order valence-corrected chi connectivity index (χ3v) is 2.03. The van der Waals surface area contributed by atoms with Crippen molar-refractivity contribution in [1.29, 1.82) is 5.41 Å². The maximum absolute atomic E-state index is 10.6. The normalized spacial score (nSPS) is 29.0. The van der Waals surface area contributed by atoms with Crippen molar-refractivity contribution in [3.05, 3.63) is 24.3 Å². The third-order valence-electron chi connectivity index (χ3n) is 1.45. The fraction of sp³-hybridized carbons (Fsp3) is 0.143. The van der Waals surface area contributed by atoms with E-state index in [0.717, 1.165) is 0 Å². The predicted molar refractivity (Wildman–Crippen MR) is 45.4 cm³/mol. The van der Waals surface area contributed by atoms with Crippen LogP contribution in [0.2, 0.25) is 0 Å². The number of carboxylic acid groups (broad SMARTS) is 1. The highest BCUT2D eigenvalue weighted by Crippen LogP contribution is 2.22. The van der Waals surface area contributed by atoms with Gasteiger partial charge in [-0.2, -0.15) is 12.6 Å². The van der Waals surface area contributed by atoms with Gasteiger partial charge in [0.05, 0.1) is 5.71 Å². The lowest BCUT2D eigenvalue weighted by Gasteiger charge is -2.20. The second-order valence-electron chi connectivity index (χ2n) is 2.20. The Morgan fingerprint density at radius 1 is 1.64 bits per heavy atom. The maximum atomic E-state index is 10.6. The molecule has 58 valence electrons. The lowest BCUT2D eigenvalue weighted by molar-refractivity contribution is -0.136. The standard InChI is InChI=1S/C7H7NO2S/c8-5-3-1-2-4-7(5,11)6(9)10/h1-4,8,11H,(H,9,10). The van der Waals surface area contributed by atoms with Crippen molar-refractivity contribution in [2.75, 3.05) is 0 Å². The van der Waals surface area contributed by atoms with Gasteiger partial charge in [-0.05, 0) is 6.08 Å². The van der Waals surface area contributed by atoms with Crippen LogP contribution in [0.25, 0.3) is 0 Å². The number of hydrogen-bond acceptors (Lipinski definition) is 3. The van der Waals surface area contributed by atoms with Crippen molar-refractivity contribution < 1.29 is 9.90 Å². The lowest BCUT2D eigenvalue weighted by atomic mass is 9.98. The zero-order valence-electron chi connectivity index (χ0n) is 5.61. The number of allylic oxidation sites excluding steroid dienone is 3. The molecule has 0 aliphatic heterocycles. The Morgan fingerprint density at radius 3 is 2.64 bits per heavy atom. The van der Waals surface area contributed by atoms with Crippen LogP contribution < -0.4 is 0 Å². The van der Waals surface area contributed by atoms with Crippen LogP contribution in [0.15, 0.2) is 24.3 Å². The van der Waals surface area contributed by atoms with E-state index in [0.29, 0.717) is 0 Å². The molecule has 0 spiro atoms. The Kier molecular flexibility index (Phi) is 1.87. The van der Waals surface area contributed by atoms with Gasteiger partial charge >= 0.3 is 5.97 Å². The molecule has 0 heterocycles. The summed E-state index contributed by atoms with van der Waals surface area (Å²) in [5, 5.41) is 15.9. The van der Waals surface area contributed by atoms with Crippen molar-refractivity contribution in [2.45, 2.75) is 4.75 Å². The largest absolute Gasteiger partial charge is 0.480 e. The number of carboxylic acids is 1. The molecule has 1 aliphatic carbocycles. The Bertz CT molecular complexity index is 270. The van der Waals surface area contributed by atoms with Crippen molar-refractivity contribution >= 4 is 24.3 Å². The van der Waals surface area contributed by atoms with Crippen molar-refractivity contribution in [3.8, 4) is 0 Å². The van der Waals surface area contributed by atoms with E-state index in [1.807, 2.05) is 0 Å². The molecular weight excluding hydrogens is 162 g/mol. The van der Waals surface area contributed by atoms with Gasteiger partial charge in [-0.1, -0.05) is 18.2 Å². The Hall–Kier alpha value is -1.03. The molecule has 4 heteroatoms. The average molecular weight is 169 g/mol. The maximum Gasteiger partial charge on any atom is 0.329 e. The number of rotatable bonds is 1. The highest BCUT2D eigenvalue weighted by molar-refractivity contribution is 7.84. The summed E-state index contributed by atoms with van der Waals surface area (Å²) in [4.78, 5) is 10.6. The summed E-state index contributed by atoms with van der Waals surface area (Å²) in [5.74, 6) is -1.12. The van der Waals surface area contributed by atoms with Crippen LogP contribution in [-0.4, -0.2) is 21.5 Å². The number of carbonyl (C=O) groups is 1. The van der Waals surface area contributed by atoms with E-state index in [9.17, 15) is 4.79 Å². The summed E-state index contributed by atoms with van der Waals surface area (Å²) in [6.45, 7) is 0. The molecular formula is C7H7NO2S. The Morgan fingerprint density at radius 2 is 2.27 bits per heavy atom. The molecule has 0 aromatic heterocycles. The van der Waals surface area contributed by atoms with Crippen LogP contribution in [0, 0.1) is 5.41 Å². The predicted octanol–water partition coefficient (Wildman–Crippen LogP) is 0.885. The zero-order valence-corrected chi connectivity index (χ0v) is 6.51. The summed E-state index contributed by atoms with van der Waals surface area (Å²) in [6.07, 6.45) is 5.97. The molecule has 0 aromatic carbocycles. The summed E-state index contributed by atoms with van der Waals surface area (Å²) in [5.41, 5.74) is -0.0177. The number of nitrogens with one attached hydrogen (secondary N) is 1. The molecule has 3 nitrogen and oxygen atoms in total. The highest BCUT2D eigenvalue weighted by Gasteiger charge is 2.36. The molecule has 0 fully saturated rings. The van der Waals surface area contributed by atoms with E-state index in [2.05, 4.69) is 12.6 Å². The van der Waals surface area contributed by atoms with Crippen LogP contribution in [-0.2, 0) is 4.79 Å². The molecule has 2 N–H and O–H groups in total. The molecule has 1 unspecified atom stereocenters. The lowest BCUT2D eigenvalue weighted by Crippen LogP contribution is -2.38. The van der Waals surface area contributed by atoms with E-state index < -0.39 is 10.7 Å². The quantitative estimate of drug-likeness (QED) is 0.510. The topological polar surface area (TPSA) is 61.2 Å². The van der Waals surface area contributed by atoms with Gasteiger partial charge in [-0.25, -0.2) is 4.79 Å². The van der Waals surface area contributed by atoms with Crippen LogP contribution >= 0.6 is 12.6 Å².